The van der Waals surface area contributed by atoms with Crippen molar-refractivity contribution in [3.8, 4) is 0 Å². The number of piperazine rings is 1. The van der Waals surface area contributed by atoms with E-state index >= 15 is 0 Å². The van der Waals surface area contributed by atoms with Crippen LogP contribution in [0.4, 0.5) is 13.2 Å². The number of halogens is 3. The molecule has 0 bridgehead atoms. The van der Waals surface area contributed by atoms with Crippen molar-refractivity contribution in [1.29, 1.82) is 0 Å². The average Bonchev–Trinajstić information content (AvgIpc) is 3.02. The Hall–Kier alpha value is 0.0600. The van der Waals surface area contributed by atoms with Gasteiger partial charge in [-0.15, -0.1) is 0 Å². The molecule has 1 heterocycles. The number of rotatable bonds is 4. The molecule has 1 aliphatic heterocycles. The van der Waals surface area contributed by atoms with E-state index in [0.29, 0.717) is 12.6 Å². The molecule has 1 atom stereocenters. The average molecular weight is 282 g/mol. The molecule has 1 N–H and O–H groups in total. The van der Waals surface area contributed by atoms with Gasteiger partial charge >= 0.3 is 5.51 Å². The standard InChI is InChI=1S/C12H21F3N2S/c1-11(2)8-16-10(9-3-4-9)7-17(11)5-6-18-12(13,14)15/h9-10,16H,3-8H2,1-2H3. The van der Waals surface area contributed by atoms with Gasteiger partial charge in [-0.05, 0) is 44.4 Å². The van der Waals surface area contributed by atoms with Gasteiger partial charge in [-0.1, -0.05) is 0 Å². The second-order valence-electron chi connectivity index (χ2n) is 5.88. The lowest BCUT2D eigenvalue weighted by atomic mass is 9.96. The monoisotopic (exact) mass is 282 g/mol. The molecule has 0 radical (unpaired) electrons. The SMILES string of the molecule is CC1(C)CNC(C2CC2)CN1CCSC(F)(F)F. The van der Waals surface area contributed by atoms with Crippen molar-refractivity contribution in [1.82, 2.24) is 10.2 Å². The van der Waals surface area contributed by atoms with Crippen LogP contribution in [0.15, 0.2) is 0 Å². The van der Waals surface area contributed by atoms with Gasteiger partial charge in [0.05, 0.1) is 0 Å². The maximum Gasteiger partial charge on any atom is 0.441 e. The van der Waals surface area contributed by atoms with E-state index in [-0.39, 0.29) is 23.1 Å². The second-order valence-corrected chi connectivity index (χ2v) is 7.04. The zero-order chi connectivity index (χ0) is 13.4. The Bertz CT molecular complexity index is 290. The molecule has 106 valence electrons. The Morgan fingerprint density at radius 2 is 2.00 bits per heavy atom. The highest BCUT2D eigenvalue weighted by Gasteiger charge is 2.40. The molecule has 1 aliphatic carbocycles. The molecule has 0 aromatic carbocycles. The predicted molar refractivity (Wildman–Crippen MR) is 68.7 cm³/mol. The van der Waals surface area contributed by atoms with Gasteiger partial charge in [-0.25, -0.2) is 0 Å². The Kier molecular flexibility index (Phi) is 4.19. The van der Waals surface area contributed by atoms with Gasteiger partial charge in [0.1, 0.15) is 0 Å². The van der Waals surface area contributed by atoms with Crippen LogP contribution >= 0.6 is 11.8 Å². The van der Waals surface area contributed by atoms with Crippen molar-refractivity contribution >= 4 is 11.8 Å². The Balaban J connectivity index is 1.82. The number of hydrogen-bond donors (Lipinski definition) is 1. The van der Waals surface area contributed by atoms with Gasteiger partial charge in [0, 0.05) is 37.0 Å². The summed E-state index contributed by atoms with van der Waals surface area (Å²) in [5.74, 6) is 0.878. The number of alkyl halides is 3. The van der Waals surface area contributed by atoms with Crippen LogP contribution in [0.5, 0.6) is 0 Å². The second kappa shape index (κ2) is 5.21. The summed E-state index contributed by atoms with van der Waals surface area (Å²) in [6, 6.07) is 0.480. The Morgan fingerprint density at radius 3 is 2.56 bits per heavy atom. The molecule has 6 heteroatoms. The summed E-state index contributed by atoms with van der Waals surface area (Å²) in [5.41, 5.74) is -4.15. The molecule has 2 rings (SSSR count). The molecule has 2 nitrogen and oxygen atoms in total. The maximum atomic E-state index is 12.1. The highest BCUT2D eigenvalue weighted by Crippen LogP contribution is 2.36. The molecule has 18 heavy (non-hydrogen) atoms. The molecule has 1 saturated carbocycles. The first-order valence-electron chi connectivity index (χ1n) is 6.47. The van der Waals surface area contributed by atoms with E-state index in [1.54, 1.807) is 0 Å². The topological polar surface area (TPSA) is 15.3 Å². The zero-order valence-corrected chi connectivity index (χ0v) is 11.7. The van der Waals surface area contributed by atoms with Crippen LogP contribution in [0, 0.1) is 5.92 Å². The summed E-state index contributed by atoms with van der Waals surface area (Å²) in [4.78, 5) is 2.21. The normalized spacial score (nSPS) is 29.5. The quantitative estimate of drug-likeness (QED) is 0.853. The van der Waals surface area contributed by atoms with Crippen molar-refractivity contribution in [2.45, 2.75) is 43.8 Å². The van der Waals surface area contributed by atoms with Crippen molar-refractivity contribution < 1.29 is 13.2 Å². The molecule has 2 aliphatic rings. The number of hydrogen-bond acceptors (Lipinski definition) is 3. The van der Waals surface area contributed by atoms with Gasteiger partial charge in [-0.3, -0.25) is 4.90 Å². The fourth-order valence-electron chi connectivity index (χ4n) is 2.52. The Labute approximate surface area is 111 Å². The first-order valence-corrected chi connectivity index (χ1v) is 7.46. The van der Waals surface area contributed by atoms with Crippen molar-refractivity contribution in [2.75, 3.05) is 25.4 Å². The van der Waals surface area contributed by atoms with Crippen LogP contribution in [0.2, 0.25) is 0 Å². The van der Waals surface area contributed by atoms with Crippen molar-refractivity contribution in [3.63, 3.8) is 0 Å². The lowest BCUT2D eigenvalue weighted by Crippen LogP contribution is -2.62. The molecule has 0 aromatic heterocycles. The first-order chi connectivity index (χ1) is 8.28. The van der Waals surface area contributed by atoms with E-state index in [4.69, 9.17) is 0 Å². The summed E-state index contributed by atoms with van der Waals surface area (Å²) < 4.78 is 36.4. The van der Waals surface area contributed by atoms with E-state index in [1.807, 2.05) is 0 Å². The lowest BCUT2D eigenvalue weighted by Gasteiger charge is -2.46. The van der Waals surface area contributed by atoms with Gasteiger partial charge in [0.2, 0.25) is 0 Å². The lowest BCUT2D eigenvalue weighted by molar-refractivity contribution is -0.0331. The van der Waals surface area contributed by atoms with Crippen LogP contribution < -0.4 is 5.32 Å². The van der Waals surface area contributed by atoms with E-state index < -0.39 is 5.51 Å². The van der Waals surface area contributed by atoms with Gasteiger partial charge < -0.3 is 5.32 Å². The molecular formula is C12H21F3N2S. The third-order valence-corrected chi connectivity index (χ3v) is 4.60. The minimum Gasteiger partial charge on any atom is -0.311 e. The number of nitrogens with zero attached hydrogens (tertiary/aromatic N) is 1. The van der Waals surface area contributed by atoms with Gasteiger partial charge in [-0.2, -0.15) is 13.2 Å². The summed E-state index contributed by atoms with van der Waals surface area (Å²) in [5, 5.41) is 3.54. The molecule has 1 unspecified atom stereocenters. The molecular weight excluding hydrogens is 261 g/mol. The largest absolute Gasteiger partial charge is 0.441 e. The molecule has 0 spiro atoms. The zero-order valence-electron chi connectivity index (χ0n) is 10.9. The first kappa shape index (κ1) is 14.5. The minimum absolute atomic E-state index is 0.0441. The molecule has 2 fully saturated rings. The fourth-order valence-corrected chi connectivity index (χ4v) is 3.06. The highest BCUT2D eigenvalue weighted by molar-refractivity contribution is 8.00. The summed E-state index contributed by atoms with van der Waals surface area (Å²) >= 11 is 0.0911. The van der Waals surface area contributed by atoms with Crippen LogP contribution in [-0.2, 0) is 0 Å². The third kappa shape index (κ3) is 4.03. The maximum absolute atomic E-state index is 12.1. The molecule has 0 amide bonds. The van der Waals surface area contributed by atoms with Crippen LogP contribution in [0.25, 0.3) is 0 Å². The van der Waals surface area contributed by atoms with Crippen molar-refractivity contribution in [3.05, 3.63) is 0 Å². The third-order valence-electron chi connectivity index (χ3n) is 3.89. The number of nitrogens with one attached hydrogen (secondary N) is 1. The fraction of sp³-hybridized carbons (Fsp3) is 1.00. The van der Waals surface area contributed by atoms with Gasteiger partial charge in [0.15, 0.2) is 0 Å². The summed E-state index contributed by atoms with van der Waals surface area (Å²) in [6.45, 7) is 6.46. The van der Waals surface area contributed by atoms with E-state index in [2.05, 4.69) is 24.1 Å². The predicted octanol–water partition coefficient (Wildman–Crippen LogP) is 2.70. The van der Waals surface area contributed by atoms with Gasteiger partial charge in [0.25, 0.3) is 0 Å². The van der Waals surface area contributed by atoms with Crippen LogP contribution in [-0.4, -0.2) is 47.4 Å². The van der Waals surface area contributed by atoms with E-state index in [1.165, 1.54) is 12.8 Å². The highest BCUT2D eigenvalue weighted by atomic mass is 32.2. The minimum atomic E-state index is -4.10. The smallest absolute Gasteiger partial charge is 0.311 e. The summed E-state index contributed by atoms with van der Waals surface area (Å²) in [7, 11) is 0. The van der Waals surface area contributed by atoms with Crippen LogP contribution in [0.1, 0.15) is 26.7 Å². The van der Waals surface area contributed by atoms with Crippen LogP contribution in [0.3, 0.4) is 0 Å². The molecule has 1 saturated heterocycles. The Morgan fingerprint density at radius 1 is 1.33 bits per heavy atom. The van der Waals surface area contributed by atoms with E-state index in [9.17, 15) is 13.2 Å². The molecule has 0 aromatic rings. The van der Waals surface area contributed by atoms with E-state index in [0.717, 1.165) is 19.0 Å². The number of thioether (sulfide) groups is 1. The summed E-state index contributed by atoms with van der Waals surface area (Å²) in [6.07, 6.45) is 2.53. The van der Waals surface area contributed by atoms with Crippen molar-refractivity contribution in [2.24, 2.45) is 5.92 Å².